The summed E-state index contributed by atoms with van der Waals surface area (Å²) in [6.07, 6.45) is 1.90. The summed E-state index contributed by atoms with van der Waals surface area (Å²) in [4.78, 5) is 30.3. The maximum absolute atomic E-state index is 13.1. The first-order chi connectivity index (χ1) is 14.5. The number of nitrogens with one attached hydrogen (secondary N) is 1. The van der Waals surface area contributed by atoms with Gasteiger partial charge in [0.05, 0.1) is 29.3 Å². The summed E-state index contributed by atoms with van der Waals surface area (Å²) in [5, 5.41) is 4.57. The van der Waals surface area contributed by atoms with Gasteiger partial charge in [-0.2, -0.15) is 0 Å². The van der Waals surface area contributed by atoms with Crippen LogP contribution in [0.15, 0.2) is 52.4 Å². The fraction of sp³-hybridized carbons (Fsp3) is 0.318. The van der Waals surface area contributed by atoms with Gasteiger partial charge in [-0.25, -0.2) is 4.98 Å². The molecule has 2 heterocycles. The molecule has 0 aliphatic carbocycles. The lowest BCUT2D eigenvalue weighted by molar-refractivity contribution is -0.113. The fourth-order valence-electron chi connectivity index (χ4n) is 3.47. The Kier molecular flexibility index (Phi) is 6.41. The molecule has 0 spiro atoms. The summed E-state index contributed by atoms with van der Waals surface area (Å²) in [5.74, 6) is -0.0566. The quantitative estimate of drug-likeness (QED) is 0.455. The van der Waals surface area contributed by atoms with Crippen LogP contribution < -0.4 is 10.9 Å². The van der Waals surface area contributed by atoms with E-state index < -0.39 is 0 Å². The summed E-state index contributed by atoms with van der Waals surface area (Å²) in [7, 11) is 0. The molecule has 1 aromatic heterocycles. The maximum Gasteiger partial charge on any atom is 0.262 e. The summed E-state index contributed by atoms with van der Waals surface area (Å²) in [5.41, 5.74) is 2.01. The number of anilines is 1. The van der Waals surface area contributed by atoms with Gasteiger partial charge in [0.15, 0.2) is 5.16 Å². The number of carbonyl (C=O) groups is 1. The standard InChI is InChI=1S/C22H22ClN3O3S/c1-14-17(23)8-4-10-18(14)24-20(27)13-30-22-25-19-9-3-2-7-16(19)21(28)26(22)12-15-6-5-11-29-15/h2-4,7-10,15H,5-6,11-13H2,1H3,(H,24,27)/t15-/m0/s1. The first-order valence-electron chi connectivity index (χ1n) is 9.82. The van der Waals surface area contributed by atoms with Gasteiger partial charge in [0.25, 0.3) is 5.56 Å². The van der Waals surface area contributed by atoms with Crippen molar-refractivity contribution in [3.05, 3.63) is 63.4 Å². The summed E-state index contributed by atoms with van der Waals surface area (Å²) in [6, 6.07) is 12.7. The van der Waals surface area contributed by atoms with Gasteiger partial charge < -0.3 is 10.1 Å². The Labute approximate surface area is 183 Å². The summed E-state index contributed by atoms with van der Waals surface area (Å²) >= 11 is 7.38. The van der Waals surface area contributed by atoms with Crippen molar-refractivity contribution in [1.82, 2.24) is 9.55 Å². The predicted octanol–water partition coefficient (Wildman–Crippen LogP) is 4.27. The van der Waals surface area contributed by atoms with Crippen molar-refractivity contribution in [2.24, 2.45) is 0 Å². The number of carbonyl (C=O) groups excluding carboxylic acids is 1. The fourth-order valence-corrected chi connectivity index (χ4v) is 4.45. The molecule has 2 aromatic carbocycles. The van der Waals surface area contributed by atoms with Crippen LogP contribution in [0.5, 0.6) is 0 Å². The van der Waals surface area contributed by atoms with Crippen LogP contribution in [-0.2, 0) is 16.1 Å². The van der Waals surface area contributed by atoms with Crippen LogP contribution in [0.4, 0.5) is 5.69 Å². The third-order valence-corrected chi connectivity index (χ3v) is 6.50. The Balaban J connectivity index is 1.57. The molecule has 1 aliphatic heterocycles. The van der Waals surface area contributed by atoms with E-state index in [1.807, 2.05) is 31.2 Å². The highest BCUT2D eigenvalue weighted by molar-refractivity contribution is 7.99. The van der Waals surface area contributed by atoms with Crippen molar-refractivity contribution >= 4 is 45.9 Å². The molecule has 1 amide bonds. The highest BCUT2D eigenvalue weighted by Crippen LogP contribution is 2.24. The molecule has 0 unspecified atom stereocenters. The van der Waals surface area contributed by atoms with Crippen molar-refractivity contribution in [3.63, 3.8) is 0 Å². The van der Waals surface area contributed by atoms with Gasteiger partial charge >= 0.3 is 0 Å². The highest BCUT2D eigenvalue weighted by Gasteiger charge is 2.20. The Morgan fingerprint density at radius 1 is 1.30 bits per heavy atom. The minimum Gasteiger partial charge on any atom is -0.376 e. The first kappa shape index (κ1) is 20.9. The second-order valence-electron chi connectivity index (χ2n) is 7.21. The number of benzene rings is 2. The minimum absolute atomic E-state index is 0.00653. The monoisotopic (exact) mass is 443 g/mol. The van der Waals surface area contributed by atoms with Gasteiger partial charge in [0, 0.05) is 17.3 Å². The molecule has 0 bridgehead atoms. The maximum atomic E-state index is 13.1. The van der Waals surface area contributed by atoms with Crippen molar-refractivity contribution in [2.75, 3.05) is 17.7 Å². The van der Waals surface area contributed by atoms with Crippen LogP contribution in [0.1, 0.15) is 18.4 Å². The number of hydrogen-bond acceptors (Lipinski definition) is 5. The SMILES string of the molecule is Cc1c(Cl)cccc1NC(=O)CSc1nc2ccccc2c(=O)n1C[C@@H]1CCCO1. The first-order valence-corrected chi connectivity index (χ1v) is 11.2. The van der Waals surface area contributed by atoms with Crippen LogP contribution in [-0.4, -0.2) is 33.9 Å². The van der Waals surface area contributed by atoms with Gasteiger partial charge in [-0.3, -0.25) is 14.2 Å². The normalized spacial score (nSPS) is 16.1. The zero-order valence-corrected chi connectivity index (χ0v) is 18.1. The number of nitrogens with zero attached hydrogens (tertiary/aromatic N) is 2. The Morgan fingerprint density at radius 2 is 2.13 bits per heavy atom. The molecule has 4 rings (SSSR count). The van der Waals surface area contributed by atoms with Crippen molar-refractivity contribution in [2.45, 2.75) is 37.6 Å². The van der Waals surface area contributed by atoms with Crippen molar-refractivity contribution in [3.8, 4) is 0 Å². The number of rotatable bonds is 6. The molecule has 1 saturated heterocycles. The number of thioether (sulfide) groups is 1. The number of para-hydroxylation sites is 1. The lowest BCUT2D eigenvalue weighted by Gasteiger charge is -2.16. The van der Waals surface area contributed by atoms with E-state index in [1.54, 1.807) is 22.8 Å². The Morgan fingerprint density at radius 3 is 2.93 bits per heavy atom. The molecular weight excluding hydrogens is 422 g/mol. The average molecular weight is 444 g/mol. The smallest absolute Gasteiger partial charge is 0.262 e. The van der Waals surface area contributed by atoms with Gasteiger partial charge in [-0.1, -0.05) is 41.6 Å². The third kappa shape index (κ3) is 4.53. The molecule has 156 valence electrons. The van der Waals surface area contributed by atoms with Crippen LogP contribution >= 0.6 is 23.4 Å². The second-order valence-corrected chi connectivity index (χ2v) is 8.56. The molecule has 1 N–H and O–H groups in total. The molecule has 6 nitrogen and oxygen atoms in total. The molecule has 0 radical (unpaired) electrons. The predicted molar refractivity (Wildman–Crippen MR) is 121 cm³/mol. The van der Waals surface area contributed by atoms with Crippen molar-refractivity contribution < 1.29 is 9.53 Å². The third-order valence-electron chi connectivity index (χ3n) is 5.11. The van der Waals surface area contributed by atoms with E-state index in [1.165, 1.54) is 11.8 Å². The Hall–Kier alpha value is -2.35. The van der Waals surface area contributed by atoms with E-state index in [0.717, 1.165) is 18.4 Å². The minimum atomic E-state index is -0.184. The zero-order chi connectivity index (χ0) is 21.1. The van der Waals surface area contributed by atoms with Crippen molar-refractivity contribution in [1.29, 1.82) is 0 Å². The molecule has 1 aliphatic rings. The van der Waals surface area contributed by atoms with Crippen LogP contribution in [0, 0.1) is 6.92 Å². The van der Waals surface area contributed by atoms with Gasteiger partial charge in [-0.15, -0.1) is 0 Å². The molecule has 3 aromatic rings. The number of amides is 1. The number of aromatic nitrogens is 2. The second kappa shape index (κ2) is 9.20. The number of hydrogen-bond donors (Lipinski definition) is 1. The summed E-state index contributed by atoms with van der Waals surface area (Å²) < 4.78 is 7.36. The van der Waals surface area contributed by atoms with E-state index in [0.29, 0.717) is 39.9 Å². The van der Waals surface area contributed by atoms with Crippen LogP contribution in [0.25, 0.3) is 10.9 Å². The molecule has 1 fully saturated rings. The molecule has 8 heteroatoms. The average Bonchev–Trinajstić information content (AvgIpc) is 3.25. The molecule has 0 saturated carbocycles. The molecular formula is C22H22ClN3O3S. The largest absolute Gasteiger partial charge is 0.376 e. The van der Waals surface area contributed by atoms with Gasteiger partial charge in [0.1, 0.15) is 0 Å². The van der Waals surface area contributed by atoms with Crippen LogP contribution in [0.3, 0.4) is 0 Å². The van der Waals surface area contributed by atoms with Crippen LogP contribution in [0.2, 0.25) is 5.02 Å². The lowest BCUT2D eigenvalue weighted by atomic mass is 10.2. The molecule has 30 heavy (non-hydrogen) atoms. The lowest BCUT2D eigenvalue weighted by Crippen LogP contribution is -2.29. The Bertz CT molecular complexity index is 1140. The highest BCUT2D eigenvalue weighted by atomic mass is 35.5. The number of fused-ring (bicyclic) bond motifs is 1. The van der Waals surface area contributed by atoms with E-state index in [-0.39, 0.29) is 23.3 Å². The van der Waals surface area contributed by atoms with E-state index in [4.69, 9.17) is 16.3 Å². The summed E-state index contributed by atoms with van der Waals surface area (Å²) in [6.45, 7) is 3.01. The van der Waals surface area contributed by atoms with E-state index in [9.17, 15) is 9.59 Å². The zero-order valence-electron chi connectivity index (χ0n) is 16.6. The van der Waals surface area contributed by atoms with E-state index >= 15 is 0 Å². The number of ether oxygens (including phenoxy) is 1. The topological polar surface area (TPSA) is 73.2 Å². The molecule has 1 atom stereocenters. The van der Waals surface area contributed by atoms with Gasteiger partial charge in [-0.05, 0) is 49.6 Å². The van der Waals surface area contributed by atoms with Gasteiger partial charge in [0.2, 0.25) is 5.91 Å². The van der Waals surface area contributed by atoms with E-state index in [2.05, 4.69) is 10.3 Å². The number of halogens is 1.